The summed E-state index contributed by atoms with van der Waals surface area (Å²) < 4.78 is 5.45. The molecule has 2 N–H and O–H groups in total. The molecule has 0 aromatic rings. The van der Waals surface area contributed by atoms with Crippen LogP contribution in [0.25, 0.3) is 0 Å². The lowest BCUT2D eigenvalue weighted by atomic mass is 10.2. The van der Waals surface area contributed by atoms with E-state index in [0.717, 1.165) is 0 Å². The van der Waals surface area contributed by atoms with Gasteiger partial charge in [-0.1, -0.05) is 0 Å². The van der Waals surface area contributed by atoms with Crippen LogP contribution in [0.2, 0.25) is 0 Å². The van der Waals surface area contributed by atoms with E-state index in [-0.39, 0.29) is 31.1 Å². The summed E-state index contributed by atoms with van der Waals surface area (Å²) in [6, 6.07) is -1.35. The number of β-amino-alcohol motifs (C(OH)–C–C–N with tert-alkyl or cyclic N) is 1. The van der Waals surface area contributed by atoms with Gasteiger partial charge in [-0.05, 0) is 13.8 Å². The highest BCUT2D eigenvalue weighted by molar-refractivity contribution is 5.83. The van der Waals surface area contributed by atoms with Crippen LogP contribution in [0, 0.1) is 0 Å². The molecule has 0 saturated carbocycles. The molecule has 0 radical (unpaired) electrons. The van der Waals surface area contributed by atoms with Crippen molar-refractivity contribution >= 4 is 12.0 Å². The molecule has 7 nitrogen and oxygen atoms in total. The van der Waals surface area contributed by atoms with Gasteiger partial charge in [0.25, 0.3) is 0 Å². The topological polar surface area (TPSA) is 90.3 Å². The van der Waals surface area contributed by atoms with E-state index in [1.807, 2.05) is 13.8 Å². The van der Waals surface area contributed by atoms with Gasteiger partial charge in [-0.2, -0.15) is 0 Å². The lowest BCUT2D eigenvalue weighted by Crippen LogP contribution is -2.56. The van der Waals surface area contributed by atoms with E-state index in [1.54, 1.807) is 4.90 Å². The molecule has 2 saturated heterocycles. The number of carboxylic acid groups (broad SMARTS) is 1. The Balaban J connectivity index is 2.11. The summed E-state index contributed by atoms with van der Waals surface area (Å²) in [5.74, 6) is -1.07. The summed E-state index contributed by atoms with van der Waals surface area (Å²) in [4.78, 5) is 26.5. The molecular formula is C12H20N2O5. The second-order valence-corrected chi connectivity index (χ2v) is 5.32. The number of amides is 2. The minimum absolute atomic E-state index is 0.0593. The molecule has 2 unspecified atom stereocenters. The molecular weight excluding hydrogens is 252 g/mol. The third-order valence-corrected chi connectivity index (χ3v) is 3.66. The maximum Gasteiger partial charge on any atom is 0.326 e. The molecule has 4 atom stereocenters. The van der Waals surface area contributed by atoms with Crippen molar-refractivity contribution in [3.8, 4) is 0 Å². The molecule has 2 aliphatic heterocycles. The third-order valence-electron chi connectivity index (χ3n) is 3.66. The number of aliphatic hydroxyl groups is 1. The van der Waals surface area contributed by atoms with Crippen LogP contribution in [-0.4, -0.2) is 76.0 Å². The lowest BCUT2D eigenvalue weighted by Gasteiger charge is -2.39. The second-order valence-electron chi connectivity index (χ2n) is 5.32. The van der Waals surface area contributed by atoms with Crippen LogP contribution in [0.3, 0.4) is 0 Å². The molecule has 2 heterocycles. The molecule has 0 aromatic carbocycles. The number of ether oxygens (including phenoxy) is 1. The fraction of sp³-hybridized carbons (Fsp3) is 0.833. The first-order valence-electron chi connectivity index (χ1n) is 6.50. The summed E-state index contributed by atoms with van der Waals surface area (Å²) in [5.41, 5.74) is 0. The number of morpholine rings is 1. The van der Waals surface area contributed by atoms with Gasteiger partial charge in [0.1, 0.15) is 6.04 Å². The Labute approximate surface area is 111 Å². The highest BCUT2D eigenvalue weighted by atomic mass is 16.5. The average Bonchev–Trinajstić information content (AvgIpc) is 2.74. The molecule has 2 amide bonds. The van der Waals surface area contributed by atoms with Crippen LogP contribution >= 0.6 is 0 Å². The number of hydrogen-bond donors (Lipinski definition) is 2. The first-order chi connectivity index (χ1) is 8.90. The number of rotatable bonds is 1. The maximum absolute atomic E-state index is 12.4. The van der Waals surface area contributed by atoms with Crippen molar-refractivity contribution in [2.45, 2.75) is 44.6 Å². The zero-order chi connectivity index (χ0) is 14.2. The standard InChI is InChI=1S/C12H20N2O5/c1-7-6-19-8(2)4-13(7)12(18)14-5-9(15)3-10(14)11(16)17/h7-10,15H,3-6H2,1-2H3,(H,16,17)/t7?,8?,9-,10-/m0/s1. The highest BCUT2D eigenvalue weighted by Crippen LogP contribution is 2.22. The number of urea groups is 1. The van der Waals surface area contributed by atoms with Crippen LogP contribution in [0.15, 0.2) is 0 Å². The highest BCUT2D eigenvalue weighted by Gasteiger charge is 2.42. The minimum Gasteiger partial charge on any atom is -0.480 e. The number of likely N-dealkylation sites (tertiary alicyclic amines) is 1. The van der Waals surface area contributed by atoms with E-state index in [4.69, 9.17) is 9.84 Å². The lowest BCUT2D eigenvalue weighted by molar-refractivity contribution is -0.141. The zero-order valence-electron chi connectivity index (χ0n) is 11.2. The molecule has 0 bridgehead atoms. The van der Waals surface area contributed by atoms with E-state index in [2.05, 4.69) is 0 Å². The number of aliphatic hydroxyl groups excluding tert-OH is 1. The van der Waals surface area contributed by atoms with Crippen molar-refractivity contribution in [1.29, 1.82) is 0 Å². The molecule has 2 fully saturated rings. The predicted molar refractivity (Wildman–Crippen MR) is 65.7 cm³/mol. The van der Waals surface area contributed by atoms with Gasteiger partial charge in [0.2, 0.25) is 0 Å². The van der Waals surface area contributed by atoms with Gasteiger partial charge in [-0.3, -0.25) is 0 Å². The van der Waals surface area contributed by atoms with E-state index < -0.39 is 18.1 Å². The van der Waals surface area contributed by atoms with Crippen molar-refractivity contribution in [3.63, 3.8) is 0 Å². The van der Waals surface area contributed by atoms with Gasteiger partial charge in [-0.25, -0.2) is 9.59 Å². The van der Waals surface area contributed by atoms with Gasteiger partial charge in [0.15, 0.2) is 0 Å². The van der Waals surface area contributed by atoms with Crippen molar-refractivity contribution in [1.82, 2.24) is 9.80 Å². The number of carbonyl (C=O) groups is 2. The first-order valence-corrected chi connectivity index (χ1v) is 6.50. The Morgan fingerprint density at radius 3 is 2.53 bits per heavy atom. The van der Waals surface area contributed by atoms with E-state index in [9.17, 15) is 14.7 Å². The molecule has 2 rings (SSSR count). The SMILES string of the molecule is CC1CN(C(=O)N2C[C@@H](O)C[C@H]2C(=O)O)C(C)CO1. The molecule has 0 spiro atoms. The third kappa shape index (κ3) is 2.82. The largest absolute Gasteiger partial charge is 0.480 e. The number of nitrogens with zero attached hydrogens (tertiary/aromatic N) is 2. The predicted octanol–water partition coefficient (Wildman–Crippen LogP) is -0.265. The van der Waals surface area contributed by atoms with Gasteiger partial charge in [0.05, 0.1) is 24.9 Å². The van der Waals surface area contributed by atoms with Crippen LogP contribution in [0.1, 0.15) is 20.3 Å². The smallest absolute Gasteiger partial charge is 0.326 e. The van der Waals surface area contributed by atoms with Crippen LogP contribution in [0.5, 0.6) is 0 Å². The van der Waals surface area contributed by atoms with Crippen molar-refractivity contribution < 1.29 is 24.5 Å². The number of aliphatic carboxylic acids is 1. The first kappa shape index (κ1) is 14.1. The Bertz CT molecular complexity index is 375. The summed E-state index contributed by atoms with van der Waals surface area (Å²) in [6.45, 7) is 4.71. The van der Waals surface area contributed by atoms with E-state index in [0.29, 0.717) is 13.2 Å². The van der Waals surface area contributed by atoms with Crippen LogP contribution in [-0.2, 0) is 9.53 Å². The Hall–Kier alpha value is -1.34. The van der Waals surface area contributed by atoms with Crippen LogP contribution in [0.4, 0.5) is 4.79 Å². The zero-order valence-corrected chi connectivity index (χ0v) is 11.2. The number of carboxylic acids is 1. The maximum atomic E-state index is 12.4. The normalized spacial score (nSPS) is 35.5. The van der Waals surface area contributed by atoms with Gasteiger partial charge < -0.3 is 24.7 Å². The number of carbonyl (C=O) groups excluding carboxylic acids is 1. The molecule has 0 aliphatic carbocycles. The Morgan fingerprint density at radius 2 is 1.89 bits per heavy atom. The van der Waals surface area contributed by atoms with Gasteiger partial charge in [-0.15, -0.1) is 0 Å². The minimum atomic E-state index is -1.07. The average molecular weight is 272 g/mol. The number of hydrogen-bond acceptors (Lipinski definition) is 4. The van der Waals surface area contributed by atoms with Crippen LogP contribution < -0.4 is 0 Å². The van der Waals surface area contributed by atoms with Crippen molar-refractivity contribution in [3.05, 3.63) is 0 Å². The van der Waals surface area contributed by atoms with Crippen molar-refractivity contribution in [2.75, 3.05) is 19.7 Å². The van der Waals surface area contributed by atoms with Gasteiger partial charge >= 0.3 is 12.0 Å². The monoisotopic (exact) mass is 272 g/mol. The summed E-state index contributed by atoms with van der Waals surface area (Å²) in [6.07, 6.45) is -0.732. The molecule has 108 valence electrons. The summed E-state index contributed by atoms with van der Waals surface area (Å²) >= 11 is 0. The molecule has 0 aromatic heterocycles. The molecule has 19 heavy (non-hydrogen) atoms. The molecule has 7 heteroatoms. The fourth-order valence-corrected chi connectivity index (χ4v) is 2.59. The molecule has 2 aliphatic rings. The Kier molecular flexibility index (Phi) is 3.96. The summed E-state index contributed by atoms with van der Waals surface area (Å²) in [5, 5.41) is 18.7. The van der Waals surface area contributed by atoms with E-state index in [1.165, 1.54) is 4.90 Å². The fourth-order valence-electron chi connectivity index (χ4n) is 2.59. The summed E-state index contributed by atoms with van der Waals surface area (Å²) in [7, 11) is 0. The second kappa shape index (κ2) is 5.34. The Morgan fingerprint density at radius 1 is 1.21 bits per heavy atom. The van der Waals surface area contributed by atoms with Crippen molar-refractivity contribution in [2.24, 2.45) is 0 Å². The van der Waals surface area contributed by atoms with E-state index >= 15 is 0 Å². The van der Waals surface area contributed by atoms with Gasteiger partial charge in [0, 0.05) is 19.5 Å². The quantitative estimate of drug-likeness (QED) is 0.686.